The van der Waals surface area contributed by atoms with Gasteiger partial charge >= 0.3 is 0 Å². The van der Waals surface area contributed by atoms with Gasteiger partial charge in [0, 0.05) is 11.8 Å². The predicted molar refractivity (Wildman–Crippen MR) is 130 cm³/mol. The third-order valence-electron chi connectivity index (χ3n) is 12.3. The maximum Gasteiger partial charge on any atom is 0.138 e. The molecule has 5 rings (SSSR count). The van der Waals surface area contributed by atoms with Crippen molar-refractivity contribution in [2.24, 2.45) is 56.7 Å². The van der Waals surface area contributed by atoms with Crippen LogP contribution in [0, 0.1) is 56.7 Å². The molecule has 0 unspecified atom stereocenters. The fourth-order valence-corrected chi connectivity index (χ4v) is 10.6. The molecule has 1 heteroatoms. The average molecular weight is 425 g/mol. The van der Waals surface area contributed by atoms with Crippen molar-refractivity contribution in [3.8, 4) is 0 Å². The van der Waals surface area contributed by atoms with Crippen molar-refractivity contribution in [3.05, 3.63) is 11.6 Å². The summed E-state index contributed by atoms with van der Waals surface area (Å²) in [6, 6.07) is 0. The summed E-state index contributed by atoms with van der Waals surface area (Å²) in [4.78, 5) is 12.9. The van der Waals surface area contributed by atoms with Crippen LogP contribution in [0.3, 0.4) is 0 Å². The maximum absolute atomic E-state index is 12.9. The van der Waals surface area contributed by atoms with Gasteiger partial charge in [0.15, 0.2) is 0 Å². The number of ketones is 1. The largest absolute Gasteiger partial charge is 0.299 e. The van der Waals surface area contributed by atoms with Crippen molar-refractivity contribution in [2.75, 3.05) is 0 Å². The topological polar surface area (TPSA) is 17.1 Å². The second kappa shape index (κ2) is 6.50. The number of hydrogen-bond donors (Lipinski definition) is 0. The first-order valence-corrected chi connectivity index (χ1v) is 13.5. The molecule has 5 aliphatic rings. The highest BCUT2D eigenvalue weighted by atomic mass is 16.1. The van der Waals surface area contributed by atoms with Crippen molar-refractivity contribution in [1.29, 1.82) is 0 Å². The van der Waals surface area contributed by atoms with Gasteiger partial charge in [0.2, 0.25) is 0 Å². The van der Waals surface area contributed by atoms with E-state index in [0.717, 1.165) is 36.5 Å². The second-order valence-corrected chi connectivity index (χ2v) is 14.8. The summed E-state index contributed by atoms with van der Waals surface area (Å²) in [5.74, 6) is 4.31. The zero-order chi connectivity index (χ0) is 22.6. The molecule has 4 fully saturated rings. The Kier molecular flexibility index (Phi) is 4.66. The molecule has 174 valence electrons. The van der Waals surface area contributed by atoms with Crippen LogP contribution in [0.5, 0.6) is 0 Å². The van der Waals surface area contributed by atoms with Crippen LogP contribution in [0.15, 0.2) is 11.6 Å². The van der Waals surface area contributed by atoms with Crippen molar-refractivity contribution in [3.63, 3.8) is 0 Å². The molecule has 0 N–H and O–H groups in total. The lowest BCUT2D eigenvalue weighted by atomic mass is 9.35. The summed E-state index contributed by atoms with van der Waals surface area (Å²) in [5, 5.41) is 0. The van der Waals surface area contributed by atoms with Crippen LogP contribution >= 0.6 is 0 Å². The number of carbonyl (C=O) groups is 1. The number of hydrogen-bond acceptors (Lipinski definition) is 1. The lowest BCUT2D eigenvalue weighted by Gasteiger charge is -2.69. The molecule has 0 radical (unpaired) electrons. The molecule has 0 aromatic carbocycles. The lowest BCUT2D eigenvalue weighted by Crippen LogP contribution is -2.62. The molecule has 0 aliphatic heterocycles. The quantitative estimate of drug-likeness (QED) is 0.358. The Bertz CT molecular complexity index is 816. The van der Waals surface area contributed by atoms with Gasteiger partial charge in [0.25, 0.3) is 0 Å². The highest BCUT2D eigenvalue weighted by Gasteiger charge is 2.66. The Morgan fingerprint density at radius 1 is 0.806 bits per heavy atom. The van der Waals surface area contributed by atoms with Gasteiger partial charge in [-0.1, -0.05) is 67.0 Å². The molecule has 1 nitrogen and oxygen atoms in total. The Morgan fingerprint density at radius 3 is 2.16 bits per heavy atom. The van der Waals surface area contributed by atoms with Crippen LogP contribution in [0.1, 0.15) is 113 Å². The number of Topliss-reactive ketones (excluding diaryl/α,β-unsaturated/α-hetero) is 1. The summed E-state index contributed by atoms with van der Waals surface area (Å²) in [6.45, 7) is 20.0. The third-order valence-corrected chi connectivity index (χ3v) is 12.3. The smallest absolute Gasteiger partial charge is 0.138 e. The van der Waals surface area contributed by atoms with Gasteiger partial charge in [-0.05, 0) is 103 Å². The molecule has 0 aromatic rings. The second-order valence-electron chi connectivity index (χ2n) is 14.8. The van der Waals surface area contributed by atoms with E-state index < -0.39 is 0 Å². The molecule has 0 bridgehead atoms. The predicted octanol–water partition coefficient (Wildman–Crippen LogP) is 8.23. The Labute approximate surface area is 192 Å². The summed E-state index contributed by atoms with van der Waals surface area (Å²) in [5.41, 5.74) is 3.26. The van der Waals surface area contributed by atoms with E-state index in [1.165, 1.54) is 44.9 Å². The van der Waals surface area contributed by atoms with Crippen LogP contribution in [-0.4, -0.2) is 5.78 Å². The van der Waals surface area contributed by atoms with E-state index >= 15 is 0 Å². The van der Waals surface area contributed by atoms with Crippen LogP contribution in [0.25, 0.3) is 0 Å². The van der Waals surface area contributed by atoms with Gasteiger partial charge in [0.05, 0.1) is 0 Å². The van der Waals surface area contributed by atoms with Gasteiger partial charge < -0.3 is 0 Å². The summed E-state index contributed by atoms with van der Waals surface area (Å²) in [7, 11) is 0. The fourth-order valence-electron chi connectivity index (χ4n) is 10.6. The van der Waals surface area contributed by atoms with E-state index in [1.807, 2.05) is 5.57 Å². The SMILES string of the molecule is C[C@H]1C=C2[C@]3(C)CC[C@H]4C(C)(C)C(=O)CC[C@]4(C)[C@H]3CC[C@@]2(C)[C@@H]2CC(C)(C)CC[C@H]21. The van der Waals surface area contributed by atoms with E-state index in [0.29, 0.717) is 33.4 Å². The molecule has 31 heavy (non-hydrogen) atoms. The zero-order valence-corrected chi connectivity index (χ0v) is 21.7. The molecule has 0 aromatic heterocycles. The molecule has 5 aliphatic carbocycles. The number of rotatable bonds is 0. The Balaban J connectivity index is 1.57. The zero-order valence-electron chi connectivity index (χ0n) is 21.7. The molecule has 0 saturated heterocycles. The van der Waals surface area contributed by atoms with Gasteiger partial charge in [-0.25, -0.2) is 0 Å². The minimum absolute atomic E-state index is 0.137. The van der Waals surface area contributed by atoms with Crippen LogP contribution in [-0.2, 0) is 4.79 Å². The molecule has 4 saturated carbocycles. The number of carbonyl (C=O) groups excluding carboxylic acids is 1. The minimum Gasteiger partial charge on any atom is -0.299 e. The standard InChI is InChI=1S/C30H48O/c1-19-17-24-28(6,21-18-26(2,3)13-9-20(19)21)14-11-23-29(7)16-12-25(31)27(4,5)22(29)10-15-30(23,24)8/h17,19-23H,9-16,18H2,1-8H3/t19-,20-,21+,22-,23+,28-,29-,30+/m0/s1. The maximum atomic E-state index is 12.9. The van der Waals surface area contributed by atoms with E-state index in [9.17, 15) is 4.79 Å². The third kappa shape index (κ3) is 2.83. The van der Waals surface area contributed by atoms with Crippen LogP contribution < -0.4 is 0 Å². The van der Waals surface area contributed by atoms with E-state index in [1.54, 1.807) is 0 Å². The van der Waals surface area contributed by atoms with Crippen molar-refractivity contribution in [2.45, 2.75) is 113 Å². The molecular weight excluding hydrogens is 376 g/mol. The summed E-state index contributed by atoms with van der Waals surface area (Å²) < 4.78 is 0. The highest BCUT2D eigenvalue weighted by Crippen LogP contribution is 2.73. The fraction of sp³-hybridized carbons (Fsp3) is 0.900. The number of allylic oxidation sites excluding steroid dienone is 2. The van der Waals surface area contributed by atoms with Crippen molar-refractivity contribution < 1.29 is 4.79 Å². The Morgan fingerprint density at radius 2 is 1.45 bits per heavy atom. The normalized spacial score (nSPS) is 52.8. The average Bonchev–Trinajstić information content (AvgIpc) is 2.66. The van der Waals surface area contributed by atoms with E-state index in [2.05, 4.69) is 61.5 Å². The highest BCUT2D eigenvalue weighted by molar-refractivity contribution is 5.85. The lowest BCUT2D eigenvalue weighted by molar-refractivity contribution is -0.166. The molecule has 0 amide bonds. The first-order chi connectivity index (χ1) is 14.3. The van der Waals surface area contributed by atoms with E-state index in [4.69, 9.17) is 0 Å². The monoisotopic (exact) mass is 424 g/mol. The summed E-state index contributed by atoms with van der Waals surface area (Å²) in [6.07, 6.45) is 14.3. The van der Waals surface area contributed by atoms with Gasteiger partial charge in [-0.2, -0.15) is 0 Å². The van der Waals surface area contributed by atoms with Gasteiger partial charge in [-0.3, -0.25) is 4.79 Å². The van der Waals surface area contributed by atoms with E-state index in [-0.39, 0.29) is 5.41 Å². The number of fused-ring (bicyclic) bond motifs is 7. The minimum atomic E-state index is -0.137. The molecule has 8 atom stereocenters. The van der Waals surface area contributed by atoms with Gasteiger partial charge in [0.1, 0.15) is 5.78 Å². The summed E-state index contributed by atoms with van der Waals surface area (Å²) >= 11 is 0. The molecule has 0 spiro atoms. The van der Waals surface area contributed by atoms with Crippen LogP contribution in [0.2, 0.25) is 0 Å². The molecule has 0 heterocycles. The van der Waals surface area contributed by atoms with Crippen molar-refractivity contribution in [1.82, 2.24) is 0 Å². The first kappa shape index (κ1) is 22.2. The van der Waals surface area contributed by atoms with Crippen LogP contribution in [0.4, 0.5) is 0 Å². The Hall–Kier alpha value is -0.590. The first-order valence-electron chi connectivity index (χ1n) is 13.5. The molecular formula is C30H48O. The van der Waals surface area contributed by atoms with Crippen molar-refractivity contribution >= 4 is 5.78 Å². The van der Waals surface area contributed by atoms with Gasteiger partial charge in [-0.15, -0.1) is 0 Å².